The monoisotopic (exact) mass is 217 g/mol. The minimum absolute atomic E-state index is 0.193. The standard InChI is InChI=1S/C13H15NO2/c15-13(16)8-7-11-5-1-2-6-12(11)14-9-3-4-10-14/h1-6H,7-10H2,(H,15,16). The molecule has 0 saturated heterocycles. The van der Waals surface area contributed by atoms with Crippen LogP contribution in [-0.4, -0.2) is 24.2 Å². The fourth-order valence-corrected chi connectivity index (χ4v) is 1.95. The van der Waals surface area contributed by atoms with Crippen LogP contribution in [0.3, 0.4) is 0 Å². The molecule has 1 aliphatic heterocycles. The second-order valence-corrected chi connectivity index (χ2v) is 3.90. The van der Waals surface area contributed by atoms with Crippen molar-refractivity contribution in [1.29, 1.82) is 0 Å². The van der Waals surface area contributed by atoms with Gasteiger partial charge in [-0.25, -0.2) is 0 Å². The predicted molar refractivity (Wildman–Crippen MR) is 63.8 cm³/mol. The van der Waals surface area contributed by atoms with Gasteiger partial charge in [-0.05, 0) is 18.1 Å². The summed E-state index contributed by atoms with van der Waals surface area (Å²) in [6.07, 6.45) is 5.06. The second kappa shape index (κ2) is 4.84. The van der Waals surface area contributed by atoms with Crippen LogP contribution in [0.4, 0.5) is 5.69 Å². The molecule has 2 rings (SSSR count). The molecule has 1 N–H and O–H groups in total. The van der Waals surface area contributed by atoms with Crippen molar-refractivity contribution in [2.24, 2.45) is 0 Å². The number of para-hydroxylation sites is 1. The number of aryl methyl sites for hydroxylation is 1. The van der Waals surface area contributed by atoms with Crippen molar-refractivity contribution in [3.05, 3.63) is 42.0 Å². The van der Waals surface area contributed by atoms with Gasteiger partial charge in [0, 0.05) is 25.2 Å². The van der Waals surface area contributed by atoms with Crippen LogP contribution >= 0.6 is 0 Å². The lowest BCUT2D eigenvalue weighted by molar-refractivity contribution is -0.136. The Morgan fingerprint density at radius 1 is 1.25 bits per heavy atom. The molecule has 1 aliphatic rings. The van der Waals surface area contributed by atoms with Gasteiger partial charge in [-0.2, -0.15) is 0 Å². The molecular weight excluding hydrogens is 202 g/mol. The number of nitrogens with zero attached hydrogens (tertiary/aromatic N) is 1. The van der Waals surface area contributed by atoms with Crippen LogP contribution < -0.4 is 4.90 Å². The number of hydrogen-bond acceptors (Lipinski definition) is 2. The van der Waals surface area contributed by atoms with E-state index in [2.05, 4.69) is 23.1 Å². The Kier molecular flexibility index (Phi) is 3.25. The Bertz CT molecular complexity index is 404. The lowest BCUT2D eigenvalue weighted by Crippen LogP contribution is -2.20. The molecule has 0 aromatic heterocycles. The Morgan fingerprint density at radius 2 is 1.94 bits per heavy atom. The predicted octanol–water partition coefficient (Wildman–Crippen LogP) is 2.08. The maximum atomic E-state index is 10.6. The highest BCUT2D eigenvalue weighted by molar-refractivity contribution is 5.68. The van der Waals surface area contributed by atoms with Gasteiger partial charge in [0.05, 0.1) is 0 Å². The number of rotatable bonds is 4. The van der Waals surface area contributed by atoms with E-state index in [9.17, 15) is 4.79 Å². The lowest BCUT2D eigenvalue weighted by atomic mass is 10.1. The van der Waals surface area contributed by atoms with Gasteiger partial charge in [-0.3, -0.25) is 4.79 Å². The van der Waals surface area contributed by atoms with Gasteiger partial charge in [0.15, 0.2) is 0 Å². The lowest BCUT2D eigenvalue weighted by Gasteiger charge is -2.21. The molecule has 0 unspecified atom stereocenters. The first kappa shape index (κ1) is 10.7. The van der Waals surface area contributed by atoms with Crippen molar-refractivity contribution in [3.8, 4) is 0 Å². The molecule has 0 fully saturated rings. The first-order valence-electron chi connectivity index (χ1n) is 5.47. The summed E-state index contributed by atoms with van der Waals surface area (Å²) in [5, 5.41) is 8.71. The van der Waals surface area contributed by atoms with Crippen molar-refractivity contribution in [3.63, 3.8) is 0 Å². The van der Waals surface area contributed by atoms with Crippen molar-refractivity contribution in [2.75, 3.05) is 18.0 Å². The van der Waals surface area contributed by atoms with Crippen molar-refractivity contribution in [1.82, 2.24) is 0 Å². The van der Waals surface area contributed by atoms with E-state index in [0.29, 0.717) is 6.42 Å². The third-order valence-corrected chi connectivity index (χ3v) is 2.76. The summed E-state index contributed by atoms with van der Waals surface area (Å²) in [5.41, 5.74) is 2.28. The van der Waals surface area contributed by atoms with Crippen LogP contribution in [0.15, 0.2) is 36.4 Å². The molecule has 1 aromatic rings. The summed E-state index contributed by atoms with van der Waals surface area (Å²) in [6.45, 7) is 1.84. The van der Waals surface area contributed by atoms with Gasteiger partial charge in [-0.15, -0.1) is 0 Å². The Balaban J connectivity index is 2.13. The first-order valence-corrected chi connectivity index (χ1v) is 5.47. The summed E-state index contributed by atoms with van der Waals surface area (Å²) in [7, 11) is 0. The molecule has 0 amide bonds. The minimum atomic E-state index is -0.741. The zero-order valence-electron chi connectivity index (χ0n) is 9.10. The molecule has 84 valence electrons. The molecule has 16 heavy (non-hydrogen) atoms. The summed E-state index contributed by atoms with van der Waals surface area (Å²) < 4.78 is 0. The molecule has 0 bridgehead atoms. The maximum Gasteiger partial charge on any atom is 0.303 e. The number of benzene rings is 1. The third-order valence-electron chi connectivity index (χ3n) is 2.76. The van der Waals surface area contributed by atoms with Gasteiger partial charge in [-0.1, -0.05) is 30.4 Å². The molecular formula is C13H15NO2. The molecule has 1 heterocycles. The zero-order chi connectivity index (χ0) is 11.4. The van der Waals surface area contributed by atoms with E-state index in [1.165, 1.54) is 0 Å². The number of carbonyl (C=O) groups is 1. The maximum absolute atomic E-state index is 10.6. The highest BCUT2D eigenvalue weighted by atomic mass is 16.4. The quantitative estimate of drug-likeness (QED) is 0.785. The summed E-state index contributed by atoms with van der Waals surface area (Å²) >= 11 is 0. The zero-order valence-corrected chi connectivity index (χ0v) is 9.10. The molecule has 0 saturated carbocycles. The first-order chi connectivity index (χ1) is 7.77. The Hall–Kier alpha value is -1.77. The SMILES string of the molecule is O=C(O)CCc1ccccc1N1CC=CC1. The van der Waals surface area contributed by atoms with E-state index >= 15 is 0 Å². The van der Waals surface area contributed by atoms with Gasteiger partial charge >= 0.3 is 5.97 Å². The number of anilines is 1. The second-order valence-electron chi connectivity index (χ2n) is 3.90. The number of aliphatic carboxylic acids is 1. The molecule has 0 aliphatic carbocycles. The highest BCUT2D eigenvalue weighted by Crippen LogP contribution is 2.23. The average molecular weight is 217 g/mol. The highest BCUT2D eigenvalue weighted by Gasteiger charge is 2.12. The van der Waals surface area contributed by atoms with E-state index in [4.69, 9.17) is 5.11 Å². The number of hydrogen-bond donors (Lipinski definition) is 1. The van der Waals surface area contributed by atoms with E-state index < -0.39 is 5.97 Å². The fourth-order valence-electron chi connectivity index (χ4n) is 1.95. The fraction of sp³-hybridized carbons (Fsp3) is 0.308. The Morgan fingerprint density at radius 3 is 2.62 bits per heavy atom. The topological polar surface area (TPSA) is 40.5 Å². The molecule has 3 nitrogen and oxygen atoms in total. The molecule has 3 heteroatoms. The van der Waals surface area contributed by atoms with Crippen LogP contribution in [0.25, 0.3) is 0 Å². The van der Waals surface area contributed by atoms with E-state index in [1.54, 1.807) is 0 Å². The van der Waals surface area contributed by atoms with E-state index in [0.717, 1.165) is 24.3 Å². The largest absolute Gasteiger partial charge is 0.481 e. The van der Waals surface area contributed by atoms with Gasteiger partial charge in [0.2, 0.25) is 0 Å². The molecule has 1 aromatic carbocycles. The van der Waals surface area contributed by atoms with Gasteiger partial charge in [0.25, 0.3) is 0 Å². The van der Waals surface area contributed by atoms with Gasteiger partial charge < -0.3 is 10.0 Å². The third kappa shape index (κ3) is 2.42. The van der Waals surface area contributed by atoms with Crippen LogP contribution in [-0.2, 0) is 11.2 Å². The van der Waals surface area contributed by atoms with Crippen LogP contribution in [0.5, 0.6) is 0 Å². The molecule has 0 spiro atoms. The minimum Gasteiger partial charge on any atom is -0.481 e. The Labute approximate surface area is 95.0 Å². The van der Waals surface area contributed by atoms with Crippen LogP contribution in [0.1, 0.15) is 12.0 Å². The number of carboxylic acid groups (broad SMARTS) is 1. The molecule has 0 radical (unpaired) electrons. The van der Waals surface area contributed by atoms with E-state index in [1.807, 2.05) is 18.2 Å². The smallest absolute Gasteiger partial charge is 0.303 e. The van der Waals surface area contributed by atoms with Crippen LogP contribution in [0, 0.1) is 0 Å². The normalized spacial score (nSPS) is 14.4. The van der Waals surface area contributed by atoms with Crippen molar-refractivity contribution >= 4 is 11.7 Å². The summed E-state index contributed by atoms with van der Waals surface area (Å²) in [6, 6.07) is 8.03. The average Bonchev–Trinajstić information content (AvgIpc) is 2.80. The van der Waals surface area contributed by atoms with Crippen molar-refractivity contribution < 1.29 is 9.90 Å². The molecule has 0 atom stereocenters. The van der Waals surface area contributed by atoms with Gasteiger partial charge in [0.1, 0.15) is 0 Å². The van der Waals surface area contributed by atoms with Crippen molar-refractivity contribution in [2.45, 2.75) is 12.8 Å². The summed E-state index contributed by atoms with van der Waals surface area (Å²) in [4.78, 5) is 12.8. The number of carboxylic acids is 1. The van der Waals surface area contributed by atoms with Crippen LogP contribution in [0.2, 0.25) is 0 Å². The summed E-state index contributed by atoms with van der Waals surface area (Å²) in [5.74, 6) is -0.741. The van der Waals surface area contributed by atoms with E-state index in [-0.39, 0.29) is 6.42 Å².